The molecule has 0 atom stereocenters. The molecule has 0 unspecified atom stereocenters. The van der Waals surface area contributed by atoms with Crippen LogP contribution in [0, 0.1) is 0 Å². The van der Waals surface area contributed by atoms with Gasteiger partial charge in [0.1, 0.15) is 5.75 Å². The van der Waals surface area contributed by atoms with Gasteiger partial charge in [-0.25, -0.2) is 0 Å². The van der Waals surface area contributed by atoms with Crippen LogP contribution in [0.4, 0.5) is 0 Å². The number of ether oxygens (including phenoxy) is 1. The fraction of sp³-hybridized carbons (Fsp3) is 0.0769. The van der Waals surface area contributed by atoms with Crippen LogP contribution in [-0.2, 0) is 0 Å². The monoisotopic (exact) mass is 184 g/mol. The van der Waals surface area contributed by atoms with Gasteiger partial charge in [0.15, 0.2) is 0 Å². The minimum Gasteiger partial charge on any atom is -0.496 e. The molecule has 14 heavy (non-hydrogen) atoms. The van der Waals surface area contributed by atoms with Gasteiger partial charge in [0.05, 0.1) is 7.11 Å². The van der Waals surface area contributed by atoms with Gasteiger partial charge >= 0.3 is 0 Å². The first-order valence-electron chi connectivity index (χ1n) is 4.54. The molecule has 0 amide bonds. The van der Waals surface area contributed by atoms with Crippen LogP contribution < -0.4 is 4.74 Å². The Bertz CT molecular complexity index is 472. The van der Waals surface area contributed by atoms with E-state index in [1.54, 1.807) is 7.11 Å². The summed E-state index contributed by atoms with van der Waals surface area (Å²) in [5.74, 6) is 0.909. The van der Waals surface area contributed by atoms with Crippen molar-refractivity contribution in [2.45, 2.75) is 0 Å². The Morgan fingerprint density at radius 1 is 1.21 bits per heavy atom. The van der Waals surface area contributed by atoms with Gasteiger partial charge in [-0.15, -0.1) is 0 Å². The molecule has 0 aliphatic carbocycles. The van der Waals surface area contributed by atoms with Crippen LogP contribution in [0.1, 0.15) is 5.56 Å². The van der Waals surface area contributed by atoms with Gasteiger partial charge in [0.25, 0.3) is 0 Å². The highest BCUT2D eigenvalue weighted by molar-refractivity contribution is 5.90. The standard InChI is InChI=1S/C13H12O/c1-3-10-7-8-11-5-4-6-13(14-2)12(11)9-10/h3-9H,1H2,2H3. The number of methoxy groups -OCH3 is 1. The average Bonchev–Trinajstić information content (AvgIpc) is 2.27. The maximum Gasteiger partial charge on any atom is 0.126 e. The third-order valence-corrected chi connectivity index (χ3v) is 2.32. The molecule has 1 nitrogen and oxygen atoms in total. The smallest absolute Gasteiger partial charge is 0.126 e. The van der Waals surface area contributed by atoms with Crippen molar-refractivity contribution in [3.05, 3.63) is 48.5 Å². The van der Waals surface area contributed by atoms with E-state index in [2.05, 4.69) is 30.8 Å². The second-order valence-corrected chi connectivity index (χ2v) is 3.14. The fourth-order valence-electron chi connectivity index (χ4n) is 1.57. The summed E-state index contributed by atoms with van der Waals surface area (Å²) >= 11 is 0. The van der Waals surface area contributed by atoms with Gasteiger partial charge < -0.3 is 4.74 Å². The van der Waals surface area contributed by atoms with Crippen LogP contribution in [0.5, 0.6) is 5.75 Å². The molecule has 2 aromatic carbocycles. The number of rotatable bonds is 2. The number of benzene rings is 2. The van der Waals surface area contributed by atoms with Crippen LogP contribution in [0.3, 0.4) is 0 Å². The van der Waals surface area contributed by atoms with E-state index in [0.29, 0.717) is 0 Å². The van der Waals surface area contributed by atoms with Gasteiger partial charge in [-0.2, -0.15) is 0 Å². The lowest BCUT2D eigenvalue weighted by atomic mass is 10.1. The first kappa shape index (κ1) is 8.82. The summed E-state index contributed by atoms with van der Waals surface area (Å²) in [5.41, 5.74) is 1.11. The summed E-state index contributed by atoms with van der Waals surface area (Å²) in [4.78, 5) is 0. The van der Waals surface area contributed by atoms with Crippen LogP contribution in [0.15, 0.2) is 43.0 Å². The van der Waals surface area contributed by atoms with Crippen LogP contribution in [0.25, 0.3) is 16.8 Å². The van der Waals surface area contributed by atoms with E-state index < -0.39 is 0 Å². The second-order valence-electron chi connectivity index (χ2n) is 3.14. The van der Waals surface area contributed by atoms with Crippen LogP contribution in [0.2, 0.25) is 0 Å². The molecule has 1 heteroatoms. The lowest BCUT2D eigenvalue weighted by Crippen LogP contribution is -1.84. The summed E-state index contributed by atoms with van der Waals surface area (Å²) in [6, 6.07) is 12.2. The summed E-state index contributed by atoms with van der Waals surface area (Å²) in [7, 11) is 1.69. The predicted octanol–water partition coefficient (Wildman–Crippen LogP) is 3.49. The van der Waals surface area contributed by atoms with Crippen molar-refractivity contribution in [1.29, 1.82) is 0 Å². The molecule has 0 N–H and O–H groups in total. The Balaban J connectivity index is 2.76. The summed E-state index contributed by atoms with van der Waals surface area (Å²) < 4.78 is 5.29. The number of hydrogen-bond donors (Lipinski definition) is 0. The zero-order valence-electron chi connectivity index (χ0n) is 8.16. The first-order chi connectivity index (χ1) is 6.85. The number of hydrogen-bond acceptors (Lipinski definition) is 1. The van der Waals surface area contributed by atoms with Crippen molar-refractivity contribution >= 4 is 16.8 Å². The first-order valence-corrected chi connectivity index (χ1v) is 4.54. The van der Waals surface area contributed by atoms with Gasteiger partial charge in [0.2, 0.25) is 0 Å². The zero-order valence-corrected chi connectivity index (χ0v) is 8.16. The van der Waals surface area contributed by atoms with E-state index in [-0.39, 0.29) is 0 Å². The summed E-state index contributed by atoms with van der Waals surface area (Å²) in [6.45, 7) is 3.75. The van der Waals surface area contributed by atoms with Gasteiger partial charge in [-0.05, 0) is 23.1 Å². The maximum atomic E-state index is 5.29. The largest absolute Gasteiger partial charge is 0.496 e. The van der Waals surface area contributed by atoms with Crippen molar-refractivity contribution in [2.24, 2.45) is 0 Å². The molecular formula is C13H12O. The lowest BCUT2D eigenvalue weighted by molar-refractivity contribution is 0.420. The molecule has 70 valence electrons. The molecule has 0 heterocycles. The third-order valence-electron chi connectivity index (χ3n) is 2.32. The Morgan fingerprint density at radius 2 is 2.07 bits per heavy atom. The summed E-state index contributed by atoms with van der Waals surface area (Å²) in [5, 5.41) is 2.32. The molecule has 0 aromatic heterocycles. The molecular weight excluding hydrogens is 172 g/mol. The van der Waals surface area contributed by atoms with E-state index in [4.69, 9.17) is 4.74 Å². The lowest BCUT2D eigenvalue weighted by Gasteiger charge is -2.05. The minimum atomic E-state index is 0.909. The normalized spacial score (nSPS) is 10.1. The Hall–Kier alpha value is -1.76. The molecule has 0 saturated carbocycles. The second kappa shape index (κ2) is 3.54. The van der Waals surface area contributed by atoms with Crippen molar-refractivity contribution in [3.63, 3.8) is 0 Å². The highest BCUT2D eigenvalue weighted by Gasteiger charge is 1.99. The molecule has 2 aromatic rings. The topological polar surface area (TPSA) is 9.23 Å². The zero-order chi connectivity index (χ0) is 9.97. The van der Waals surface area contributed by atoms with Crippen molar-refractivity contribution < 1.29 is 4.74 Å². The highest BCUT2D eigenvalue weighted by Crippen LogP contribution is 2.26. The molecule has 0 spiro atoms. The Morgan fingerprint density at radius 3 is 2.79 bits per heavy atom. The third kappa shape index (κ3) is 1.37. The average molecular weight is 184 g/mol. The summed E-state index contributed by atoms with van der Waals surface area (Å²) in [6.07, 6.45) is 1.84. The Labute approximate surface area is 83.6 Å². The fourth-order valence-corrected chi connectivity index (χ4v) is 1.57. The molecule has 2 rings (SSSR count). The van der Waals surface area contributed by atoms with Gasteiger partial charge in [-0.1, -0.05) is 36.9 Å². The van der Waals surface area contributed by atoms with E-state index >= 15 is 0 Å². The highest BCUT2D eigenvalue weighted by atomic mass is 16.5. The molecule has 0 radical (unpaired) electrons. The van der Waals surface area contributed by atoms with Crippen molar-refractivity contribution in [3.8, 4) is 5.75 Å². The molecule has 0 aliphatic rings. The molecule has 0 fully saturated rings. The van der Waals surface area contributed by atoms with Gasteiger partial charge in [0, 0.05) is 5.39 Å². The molecule has 0 saturated heterocycles. The quantitative estimate of drug-likeness (QED) is 0.694. The van der Waals surface area contributed by atoms with Crippen LogP contribution in [-0.4, -0.2) is 7.11 Å². The van der Waals surface area contributed by atoms with E-state index in [9.17, 15) is 0 Å². The van der Waals surface area contributed by atoms with Crippen molar-refractivity contribution in [2.75, 3.05) is 7.11 Å². The molecule has 0 bridgehead atoms. The van der Waals surface area contributed by atoms with E-state index in [1.807, 2.05) is 18.2 Å². The van der Waals surface area contributed by atoms with E-state index in [0.717, 1.165) is 16.7 Å². The SMILES string of the molecule is C=Cc1ccc2cccc(OC)c2c1. The molecule has 0 aliphatic heterocycles. The number of fused-ring (bicyclic) bond motifs is 1. The van der Waals surface area contributed by atoms with Gasteiger partial charge in [-0.3, -0.25) is 0 Å². The van der Waals surface area contributed by atoms with E-state index in [1.165, 1.54) is 5.39 Å². The Kier molecular flexibility index (Phi) is 2.23. The predicted molar refractivity (Wildman–Crippen MR) is 60.6 cm³/mol. The van der Waals surface area contributed by atoms with Crippen LogP contribution >= 0.6 is 0 Å². The van der Waals surface area contributed by atoms with Crippen molar-refractivity contribution in [1.82, 2.24) is 0 Å². The minimum absolute atomic E-state index is 0.909. The maximum absolute atomic E-state index is 5.29.